The standard InChI is InChI=1S/C18H30N4O2/c1-14(17(20)24)7-8-16(23)22(11-15-5-3-2-4-6-15)18(12-19)9-10-21-13-18/h14-15,21H,2-11,13H2,1H3,(H2,20,24). The van der Waals surface area contributed by atoms with Crippen LogP contribution in [0.5, 0.6) is 0 Å². The Morgan fingerprint density at radius 3 is 2.62 bits per heavy atom. The van der Waals surface area contributed by atoms with Crippen LogP contribution in [0.25, 0.3) is 0 Å². The molecule has 1 aliphatic carbocycles. The Balaban J connectivity index is 2.07. The number of nitriles is 1. The molecule has 0 aromatic rings. The minimum atomic E-state index is -0.732. The van der Waals surface area contributed by atoms with Crippen LogP contribution in [0.1, 0.15) is 58.3 Å². The number of hydrogen-bond donors (Lipinski definition) is 2. The van der Waals surface area contributed by atoms with Gasteiger partial charge in [-0.05, 0) is 38.1 Å². The third-order valence-corrected chi connectivity index (χ3v) is 5.60. The van der Waals surface area contributed by atoms with Gasteiger partial charge in [0.05, 0.1) is 6.07 Å². The van der Waals surface area contributed by atoms with Gasteiger partial charge in [-0.15, -0.1) is 0 Å². The van der Waals surface area contributed by atoms with E-state index in [1.54, 1.807) is 6.92 Å². The number of nitrogens with zero attached hydrogens (tertiary/aromatic N) is 2. The monoisotopic (exact) mass is 334 g/mol. The van der Waals surface area contributed by atoms with E-state index >= 15 is 0 Å². The van der Waals surface area contributed by atoms with Gasteiger partial charge < -0.3 is 16.0 Å². The van der Waals surface area contributed by atoms with Crippen LogP contribution in [0.2, 0.25) is 0 Å². The summed E-state index contributed by atoms with van der Waals surface area (Å²) < 4.78 is 0. The summed E-state index contributed by atoms with van der Waals surface area (Å²) in [7, 11) is 0. The minimum Gasteiger partial charge on any atom is -0.369 e. The number of amides is 2. The predicted octanol–water partition coefficient (Wildman–Crippen LogP) is 1.55. The van der Waals surface area contributed by atoms with Gasteiger partial charge in [0.25, 0.3) is 0 Å². The highest BCUT2D eigenvalue weighted by atomic mass is 16.2. The SMILES string of the molecule is CC(CCC(=O)N(CC1CCCCC1)C1(C#N)CCNC1)C(N)=O. The zero-order valence-electron chi connectivity index (χ0n) is 14.7. The maximum Gasteiger partial charge on any atom is 0.223 e. The van der Waals surface area contributed by atoms with Gasteiger partial charge in [0, 0.05) is 25.4 Å². The van der Waals surface area contributed by atoms with Gasteiger partial charge in [0.15, 0.2) is 0 Å². The van der Waals surface area contributed by atoms with Crippen molar-refractivity contribution in [3.8, 4) is 6.07 Å². The van der Waals surface area contributed by atoms with Crippen molar-refractivity contribution in [3.05, 3.63) is 0 Å². The summed E-state index contributed by atoms with van der Waals surface area (Å²) in [6.45, 7) is 3.71. The van der Waals surface area contributed by atoms with Gasteiger partial charge in [0.1, 0.15) is 5.54 Å². The molecule has 1 heterocycles. The van der Waals surface area contributed by atoms with Crippen molar-refractivity contribution in [1.82, 2.24) is 10.2 Å². The number of rotatable bonds is 7. The Morgan fingerprint density at radius 1 is 1.38 bits per heavy atom. The Labute approximate surface area is 144 Å². The third-order valence-electron chi connectivity index (χ3n) is 5.60. The Kier molecular flexibility index (Phi) is 6.61. The quantitative estimate of drug-likeness (QED) is 0.738. The van der Waals surface area contributed by atoms with Crippen LogP contribution in [0.15, 0.2) is 0 Å². The molecular formula is C18H30N4O2. The van der Waals surface area contributed by atoms with E-state index in [0.717, 1.165) is 19.4 Å². The summed E-state index contributed by atoms with van der Waals surface area (Å²) in [5, 5.41) is 13.0. The zero-order chi connectivity index (χ0) is 17.6. The fourth-order valence-electron chi connectivity index (χ4n) is 3.83. The van der Waals surface area contributed by atoms with Crippen LogP contribution in [0, 0.1) is 23.2 Å². The first-order valence-corrected chi connectivity index (χ1v) is 9.20. The Hall–Kier alpha value is -1.61. The molecule has 0 aromatic carbocycles. The van der Waals surface area contributed by atoms with Gasteiger partial charge in [0.2, 0.25) is 11.8 Å². The lowest BCUT2D eigenvalue weighted by Gasteiger charge is -2.39. The maximum atomic E-state index is 12.9. The highest BCUT2D eigenvalue weighted by molar-refractivity contribution is 5.80. The number of carbonyl (C=O) groups excluding carboxylic acids is 2. The van der Waals surface area contributed by atoms with Crippen LogP contribution in [-0.2, 0) is 9.59 Å². The van der Waals surface area contributed by atoms with E-state index in [0.29, 0.717) is 31.8 Å². The van der Waals surface area contributed by atoms with Crippen LogP contribution in [0.4, 0.5) is 0 Å². The average Bonchev–Trinajstić information content (AvgIpc) is 3.08. The number of primary amides is 1. The highest BCUT2D eigenvalue weighted by Gasteiger charge is 2.43. The topological polar surface area (TPSA) is 99.2 Å². The zero-order valence-corrected chi connectivity index (χ0v) is 14.7. The number of nitrogens with two attached hydrogens (primary N) is 1. The summed E-state index contributed by atoms with van der Waals surface area (Å²) in [5.74, 6) is -0.217. The molecule has 2 amide bonds. The molecular weight excluding hydrogens is 304 g/mol. The molecule has 1 saturated heterocycles. The number of nitrogens with one attached hydrogen (secondary N) is 1. The van der Waals surface area contributed by atoms with Crippen molar-refractivity contribution in [2.45, 2.75) is 63.8 Å². The molecule has 1 saturated carbocycles. The van der Waals surface area contributed by atoms with Gasteiger partial charge in [-0.2, -0.15) is 5.26 Å². The molecule has 24 heavy (non-hydrogen) atoms. The second-order valence-electron chi connectivity index (χ2n) is 7.42. The maximum absolute atomic E-state index is 12.9. The predicted molar refractivity (Wildman–Crippen MR) is 91.7 cm³/mol. The van der Waals surface area contributed by atoms with E-state index in [2.05, 4.69) is 11.4 Å². The highest BCUT2D eigenvalue weighted by Crippen LogP contribution is 2.30. The second-order valence-corrected chi connectivity index (χ2v) is 7.42. The fourth-order valence-corrected chi connectivity index (χ4v) is 3.83. The first-order valence-electron chi connectivity index (χ1n) is 9.20. The summed E-state index contributed by atoms with van der Waals surface area (Å²) in [6.07, 6.45) is 7.36. The van der Waals surface area contributed by atoms with Crippen molar-refractivity contribution in [3.63, 3.8) is 0 Å². The van der Waals surface area contributed by atoms with E-state index in [-0.39, 0.29) is 24.2 Å². The van der Waals surface area contributed by atoms with Crippen molar-refractivity contribution < 1.29 is 9.59 Å². The molecule has 2 aliphatic rings. The summed E-state index contributed by atoms with van der Waals surface area (Å²) >= 11 is 0. The molecule has 2 fully saturated rings. The molecule has 6 nitrogen and oxygen atoms in total. The van der Waals surface area contributed by atoms with Crippen molar-refractivity contribution in [2.24, 2.45) is 17.6 Å². The number of carbonyl (C=O) groups is 2. The van der Waals surface area contributed by atoms with Crippen LogP contribution >= 0.6 is 0 Å². The van der Waals surface area contributed by atoms with Crippen molar-refractivity contribution in [1.29, 1.82) is 5.26 Å². The summed E-state index contributed by atoms with van der Waals surface area (Å²) in [6, 6.07) is 2.41. The van der Waals surface area contributed by atoms with Gasteiger partial charge in [-0.3, -0.25) is 9.59 Å². The first kappa shape index (κ1) is 18.7. The third kappa shape index (κ3) is 4.47. The molecule has 2 rings (SSSR count). The first-order chi connectivity index (χ1) is 11.5. The number of hydrogen-bond acceptors (Lipinski definition) is 4. The van der Waals surface area contributed by atoms with Gasteiger partial charge in [-0.25, -0.2) is 0 Å². The van der Waals surface area contributed by atoms with E-state index in [9.17, 15) is 14.9 Å². The molecule has 6 heteroatoms. The smallest absolute Gasteiger partial charge is 0.223 e. The lowest BCUT2D eigenvalue weighted by Crippen LogP contribution is -2.54. The van der Waals surface area contributed by atoms with Gasteiger partial charge in [-0.1, -0.05) is 26.2 Å². The van der Waals surface area contributed by atoms with E-state index in [1.165, 1.54) is 19.3 Å². The Morgan fingerprint density at radius 2 is 2.08 bits per heavy atom. The molecule has 134 valence electrons. The molecule has 0 aromatic heterocycles. The minimum absolute atomic E-state index is 0.0149. The van der Waals surface area contributed by atoms with Crippen LogP contribution in [0.3, 0.4) is 0 Å². The second kappa shape index (κ2) is 8.48. The van der Waals surface area contributed by atoms with Crippen molar-refractivity contribution >= 4 is 11.8 Å². The average molecular weight is 334 g/mol. The van der Waals surface area contributed by atoms with Crippen molar-refractivity contribution in [2.75, 3.05) is 19.6 Å². The van der Waals surface area contributed by atoms with Crippen LogP contribution < -0.4 is 11.1 Å². The van der Waals surface area contributed by atoms with E-state index in [1.807, 2.05) is 4.90 Å². The largest absolute Gasteiger partial charge is 0.369 e. The van der Waals surface area contributed by atoms with Gasteiger partial charge >= 0.3 is 0 Å². The summed E-state index contributed by atoms with van der Waals surface area (Å²) in [4.78, 5) is 25.9. The molecule has 0 bridgehead atoms. The molecule has 0 radical (unpaired) electrons. The molecule has 2 unspecified atom stereocenters. The lowest BCUT2D eigenvalue weighted by atomic mass is 9.86. The summed E-state index contributed by atoms with van der Waals surface area (Å²) in [5.41, 5.74) is 4.56. The molecule has 3 N–H and O–H groups in total. The van der Waals surface area contributed by atoms with Crippen LogP contribution in [-0.4, -0.2) is 41.9 Å². The molecule has 2 atom stereocenters. The van der Waals surface area contributed by atoms with E-state index in [4.69, 9.17) is 5.73 Å². The molecule has 0 spiro atoms. The fraction of sp³-hybridized carbons (Fsp3) is 0.833. The Bertz CT molecular complexity index is 488. The van der Waals surface area contributed by atoms with E-state index < -0.39 is 5.54 Å². The molecule has 1 aliphatic heterocycles. The normalized spacial score (nSPS) is 25.8. The lowest BCUT2D eigenvalue weighted by molar-refractivity contribution is -0.136.